The van der Waals surface area contributed by atoms with Crippen molar-refractivity contribution >= 4 is 11.5 Å². The van der Waals surface area contributed by atoms with Crippen molar-refractivity contribution in [2.24, 2.45) is 0 Å². The molecule has 0 unspecified atom stereocenters. The third-order valence-electron chi connectivity index (χ3n) is 3.37. The molecule has 2 N–H and O–H groups in total. The van der Waals surface area contributed by atoms with E-state index >= 15 is 0 Å². The molecule has 2 aromatic heterocycles. The van der Waals surface area contributed by atoms with Gasteiger partial charge >= 0.3 is 5.69 Å². The SMILES string of the molecule is O=c1[nH]nc2ccc(N3CCN(CCO)CC3)nn12. The van der Waals surface area contributed by atoms with Gasteiger partial charge in [0.05, 0.1) is 6.61 Å². The van der Waals surface area contributed by atoms with Crippen molar-refractivity contribution < 1.29 is 5.11 Å². The molecule has 0 atom stereocenters. The van der Waals surface area contributed by atoms with E-state index < -0.39 is 0 Å². The van der Waals surface area contributed by atoms with Crippen molar-refractivity contribution in [3.8, 4) is 0 Å². The molecule has 1 saturated heterocycles. The first-order valence-electron chi connectivity index (χ1n) is 6.30. The molecule has 0 radical (unpaired) electrons. The molecule has 8 heteroatoms. The van der Waals surface area contributed by atoms with E-state index in [4.69, 9.17) is 5.11 Å². The molecule has 0 amide bonds. The molecule has 3 heterocycles. The summed E-state index contributed by atoms with van der Waals surface area (Å²) < 4.78 is 1.27. The van der Waals surface area contributed by atoms with Gasteiger partial charge in [-0.05, 0) is 12.1 Å². The van der Waals surface area contributed by atoms with E-state index in [1.807, 2.05) is 6.07 Å². The Hall–Kier alpha value is -1.93. The fraction of sp³-hybridized carbons (Fsp3) is 0.545. The Labute approximate surface area is 109 Å². The summed E-state index contributed by atoms with van der Waals surface area (Å²) in [4.78, 5) is 15.8. The van der Waals surface area contributed by atoms with Gasteiger partial charge in [-0.15, -0.1) is 5.10 Å². The van der Waals surface area contributed by atoms with Gasteiger partial charge in [-0.1, -0.05) is 0 Å². The Morgan fingerprint density at radius 1 is 1.26 bits per heavy atom. The zero-order valence-corrected chi connectivity index (χ0v) is 10.5. The summed E-state index contributed by atoms with van der Waals surface area (Å²) >= 11 is 0. The topological polar surface area (TPSA) is 89.8 Å². The number of rotatable bonds is 3. The Morgan fingerprint density at radius 2 is 2.05 bits per heavy atom. The van der Waals surface area contributed by atoms with Crippen molar-refractivity contribution in [1.29, 1.82) is 0 Å². The molecule has 8 nitrogen and oxygen atoms in total. The smallest absolute Gasteiger partial charge is 0.364 e. The standard InChI is InChI=1S/C11H16N6O2/c18-8-7-15-3-5-16(6-4-15)10-2-1-9-12-13-11(19)17(9)14-10/h1-2,18H,3-8H2,(H,13,19). The summed E-state index contributed by atoms with van der Waals surface area (Å²) in [6.07, 6.45) is 0. The van der Waals surface area contributed by atoms with Gasteiger partial charge in [-0.2, -0.15) is 9.61 Å². The van der Waals surface area contributed by atoms with Gasteiger partial charge in [0, 0.05) is 32.7 Å². The first-order valence-corrected chi connectivity index (χ1v) is 6.30. The van der Waals surface area contributed by atoms with Gasteiger partial charge in [-0.25, -0.2) is 9.89 Å². The molecule has 0 aliphatic carbocycles. The minimum absolute atomic E-state index is 0.189. The van der Waals surface area contributed by atoms with E-state index in [9.17, 15) is 4.79 Å². The number of nitrogens with one attached hydrogen (secondary N) is 1. The Kier molecular flexibility index (Phi) is 3.18. The molecule has 1 aliphatic heterocycles. The summed E-state index contributed by atoms with van der Waals surface area (Å²) in [6.45, 7) is 4.35. The lowest BCUT2D eigenvalue weighted by Gasteiger charge is -2.34. The number of H-pyrrole nitrogens is 1. The average Bonchev–Trinajstić information content (AvgIpc) is 2.81. The molecule has 19 heavy (non-hydrogen) atoms. The molecule has 1 aliphatic rings. The monoisotopic (exact) mass is 264 g/mol. The Bertz CT molecular complexity index is 613. The number of aliphatic hydroxyl groups excluding tert-OH is 1. The lowest BCUT2D eigenvalue weighted by Crippen LogP contribution is -2.47. The highest BCUT2D eigenvalue weighted by Crippen LogP contribution is 2.12. The van der Waals surface area contributed by atoms with Crippen LogP contribution in [0, 0.1) is 0 Å². The fourth-order valence-electron chi connectivity index (χ4n) is 2.30. The second-order valence-electron chi connectivity index (χ2n) is 4.54. The van der Waals surface area contributed by atoms with Crippen molar-refractivity contribution in [2.45, 2.75) is 0 Å². The van der Waals surface area contributed by atoms with Gasteiger partial charge in [0.25, 0.3) is 0 Å². The van der Waals surface area contributed by atoms with Crippen LogP contribution in [-0.2, 0) is 0 Å². The zero-order valence-electron chi connectivity index (χ0n) is 10.5. The predicted molar refractivity (Wildman–Crippen MR) is 69.3 cm³/mol. The fourth-order valence-corrected chi connectivity index (χ4v) is 2.30. The van der Waals surface area contributed by atoms with E-state index in [0.717, 1.165) is 32.0 Å². The van der Waals surface area contributed by atoms with Crippen LogP contribution < -0.4 is 10.6 Å². The van der Waals surface area contributed by atoms with Crippen LogP contribution in [0.25, 0.3) is 5.65 Å². The number of hydrogen-bond acceptors (Lipinski definition) is 6. The summed E-state index contributed by atoms with van der Waals surface area (Å²) in [5.41, 5.74) is 0.198. The van der Waals surface area contributed by atoms with E-state index in [0.29, 0.717) is 12.2 Å². The summed E-state index contributed by atoms with van der Waals surface area (Å²) in [5, 5.41) is 19.4. The lowest BCUT2D eigenvalue weighted by atomic mass is 10.3. The third-order valence-corrected chi connectivity index (χ3v) is 3.37. The van der Waals surface area contributed by atoms with Crippen LogP contribution >= 0.6 is 0 Å². The molecule has 102 valence electrons. The highest BCUT2D eigenvalue weighted by molar-refractivity contribution is 5.45. The molecular formula is C11H16N6O2. The van der Waals surface area contributed by atoms with Gasteiger partial charge in [0.1, 0.15) is 5.82 Å². The number of aromatic nitrogens is 4. The quantitative estimate of drug-likeness (QED) is 0.703. The van der Waals surface area contributed by atoms with Crippen LogP contribution in [0.3, 0.4) is 0 Å². The highest BCUT2D eigenvalue weighted by Gasteiger charge is 2.18. The second-order valence-corrected chi connectivity index (χ2v) is 4.54. The van der Waals surface area contributed by atoms with Crippen LogP contribution in [0.1, 0.15) is 0 Å². The van der Waals surface area contributed by atoms with E-state index in [-0.39, 0.29) is 12.3 Å². The van der Waals surface area contributed by atoms with Crippen LogP contribution in [0.5, 0.6) is 0 Å². The minimum Gasteiger partial charge on any atom is -0.395 e. The average molecular weight is 264 g/mol. The summed E-state index contributed by atoms with van der Waals surface area (Å²) in [7, 11) is 0. The number of fused-ring (bicyclic) bond motifs is 1. The maximum absolute atomic E-state index is 11.5. The maximum Gasteiger partial charge on any atom is 0.364 e. The lowest BCUT2D eigenvalue weighted by molar-refractivity contribution is 0.188. The number of piperazine rings is 1. The number of aromatic amines is 1. The largest absolute Gasteiger partial charge is 0.395 e. The predicted octanol–water partition coefficient (Wildman–Crippen LogP) is -1.47. The minimum atomic E-state index is -0.323. The third kappa shape index (κ3) is 2.32. The van der Waals surface area contributed by atoms with E-state index in [2.05, 4.69) is 25.1 Å². The van der Waals surface area contributed by atoms with Crippen LogP contribution in [-0.4, -0.2) is 69.1 Å². The molecule has 0 aromatic carbocycles. The van der Waals surface area contributed by atoms with Crippen LogP contribution in [0.15, 0.2) is 16.9 Å². The van der Waals surface area contributed by atoms with Crippen molar-refractivity contribution in [2.75, 3.05) is 44.2 Å². The number of β-amino-alcohol motifs (C(OH)–C–C–N with tert-alkyl or cyclic N) is 1. The number of aliphatic hydroxyl groups is 1. The number of hydrogen-bond donors (Lipinski definition) is 2. The van der Waals surface area contributed by atoms with E-state index in [1.165, 1.54) is 4.52 Å². The number of nitrogens with zero attached hydrogens (tertiary/aromatic N) is 5. The summed E-state index contributed by atoms with van der Waals surface area (Å²) in [6, 6.07) is 3.65. The van der Waals surface area contributed by atoms with Gasteiger partial charge < -0.3 is 10.0 Å². The molecule has 0 spiro atoms. The molecule has 3 rings (SSSR count). The van der Waals surface area contributed by atoms with Gasteiger partial charge in [0.2, 0.25) is 0 Å². The first-order chi connectivity index (χ1) is 9.28. The molecular weight excluding hydrogens is 248 g/mol. The van der Waals surface area contributed by atoms with Crippen LogP contribution in [0.4, 0.5) is 5.82 Å². The Balaban J connectivity index is 1.78. The number of anilines is 1. The van der Waals surface area contributed by atoms with Gasteiger partial charge in [-0.3, -0.25) is 4.90 Å². The van der Waals surface area contributed by atoms with Crippen molar-refractivity contribution in [3.63, 3.8) is 0 Å². The normalized spacial score (nSPS) is 17.2. The van der Waals surface area contributed by atoms with Crippen LogP contribution in [0.2, 0.25) is 0 Å². The first kappa shape index (κ1) is 12.1. The van der Waals surface area contributed by atoms with Crippen molar-refractivity contribution in [1.82, 2.24) is 24.7 Å². The highest BCUT2D eigenvalue weighted by atomic mass is 16.3. The Morgan fingerprint density at radius 3 is 2.79 bits per heavy atom. The molecule has 0 bridgehead atoms. The maximum atomic E-state index is 11.5. The van der Waals surface area contributed by atoms with Crippen molar-refractivity contribution in [3.05, 3.63) is 22.6 Å². The zero-order chi connectivity index (χ0) is 13.2. The van der Waals surface area contributed by atoms with E-state index in [1.54, 1.807) is 6.07 Å². The molecule has 1 fully saturated rings. The molecule has 0 saturated carbocycles. The molecule has 2 aromatic rings. The van der Waals surface area contributed by atoms with Gasteiger partial charge in [0.15, 0.2) is 5.65 Å². The summed E-state index contributed by atoms with van der Waals surface area (Å²) in [5.74, 6) is 0.777. The second kappa shape index (κ2) is 4.98.